The number of rotatable bonds is 3. The van der Waals surface area contributed by atoms with Crippen LogP contribution in [-0.4, -0.2) is 6.04 Å². The number of anilines is 1. The Balaban J connectivity index is 2.01. The van der Waals surface area contributed by atoms with Crippen LogP contribution in [0.15, 0.2) is 24.3 Å². The fraction of sp³-hybridized carbons (Fsp3) is 0.500. The van der Waals surface area contributed by atoms with E-state index in [1.807, 2.05) is 18.2 Å². The molecule has 0 bridgehead atoms. The van der Waals surface area contributed by atoms with E-state index in [0.29, 0.717) is 12.1 Å². The standard InChI is InChI=1S/C12H19N3/c1-2-4-11-8-12(15-14-11)9-5-3-6-10(13)7-9/h3,5-7,11-12,14-15H,2,4,8,13H2,1H3. The number of benzene rings is 1. The van der Waals surface area contributed by atoms with Crippen molar-refractivity contribution in [1.82, 2.24) is 10.9 Å². The van der Waals surface area contributed by atoms with Gasteiger partial charge in [0, 0.05) is 17.8 Å². The van der Waals surface area contributed by atoms with Gasteiger partial charge in [-0.15, -0.1) is 0 Å². The van der Waals surface area contributed by atoms with Crippen LogP contribution in [0.3, 0.4) is 0 Å². The van der Waals surface area contributed by atoms with Crippen molar-refractivity contribution < 1.29 is 0 Å². The van der Waals surface area contributed by atoms with Crippen LogP contribution in [0.5, 0.6) is 0 Å². The van der Waals surface area contributed by atoms with E-state index in [1.54, 1.807) is 0 Å². The highest BCUT2D eigenvalue weighted by Crippen LogP contribution is 2.25. The van der Waals surface area contributed by atoms with E-state index in [4.69, 9.17) is 5.73 Å². The van der Waals surface area contributed by atoms with Crippen LogP contribution in [0.1, 0.15) is 37.8 Å². The van der Waals surface area contributed by atoms with Gasteiger partial charge in [0.2, 0.25) is 0 Å². The zero-order valence-electron chi connectivity index (χ0n) is 9.16. The zero-order valence-corrected chi connectivity index (χ0v) is 9.16. The van der Waals surface area contributed by atoms with E-state index in [2.05, 4.69) is 23.8 Å². The van der Waals surface area contributed by atoms with Crippen LogP contribution in [-0.2, 0) is 0 Å². The predicted molar refractivity (Wildman–Crippen MR) is 63.2 cm³/mol. The van der Waals surface area contributed by atoms with Crippen LogP contribution in [0.25, 0.3) is 0 Å². The minimum atomic E-state index is 0.407. The van der Waals surface area contributed by atoms with Gasteiger partial charge in [-0.3, -0.25) is 10.9 Å². The Morgan fingerprint density at radius 2 is 2.27 bits per heavy atom. The molecule has 0 aliphatic carbocycles. The van der Waals surface area contributed by atoms with Gasteiger partial charge in [0.05, 0.1) is 0 Å². The summed E-state index contributed by atoms with van der Waals surface area (Å²) >= 11 is 0. The van der Waals surface area contributed by atoms with Crippen molar-refractivity contribution in [3.8, 4) is 0 Å². The molecule has 0 radical (unpaired) electrons. The maximum atomic E-state index is 5.77. The number of hydrazine groups is 1. The van der Waals surface area contributed by atoms with Crippen molar-refractivity contribution in [2.24, 2.45) is 0 Å². The fourth-order valence-electron chi connectivity index (χ4n) is 2.15. The quantitative estimate of drug-likeness (QED) is 0.661. The summed E-state index contributed by atoms with van der Waals surface area (Å²) < 4.78 is 0. The predicted octanol–water partition coefficient (Wildman–Crippen LogP) is 1.98. The maximum absolute atomic E-state index is 5.77. The van der Waals surface area contributed by atoms with Gasteiger partial charge in [-0.05, 0) is 30.5 Å². The van der Waals surface area contributed by atoms with Crippen LogP contribution in [0, 0.1) is 0 Å². The zero-order chi connectivity index (χ0) is 10.7. The number of hydrogen-bond acceptors (Lipinski definition) is 3. The minimum Gasteiger partial charge on any atom is -0.399 e. The van der Waals surface area contributed by atoms with Gasteiger partial charge in [0.15, 0.2) is 0 Å². The molecular weight excluding hydrogens is 186 g/mol. The van der Waals surface area contributed by atoms with Gasteiger partial charge in [0.25, 0.3) is 0 Å². The Morgan fingerprint density at radius 1 is 1.40 bits per heavy atom. The van der Waals surface area contributed by atoms with Crippen molar-refractivity contribution in [3.05, 3.63) is 29.8 Å². The first-order valence-electron chi connectivity index (χ1n) is 5.66. The second-order valence-corrected chi connectivity index (χ2v) is 4.23. The van der Waals surface area contributed by atoms with E-state index < -0.39 is 0 Å². The molecule has 2 unspecified atom stereocenters. The summed E-state index contributed by atoms with van der Waals surface area (Å²) in [6, 6.07) is 9.12. The summed E-state index contributed by atoms with van der Waals surface area (Å²) in [5, 5.41) is 0. The molecule has 1 fully saturated rings. The van der Waals surface area contributed by atoms with Crippen molar-refractivity contribution in [2.45, 2.75) is 38.3 Å². The third-order valence-electron chi connectivity index (χ3n) is 2.93. The maximum Gasteiger partial charge on any atom is 0.0478 e. The Bertz CT molecular complexity index is 324. The van der Waals surface area contributed by atoms with Gasteiger partial charge in [0.1, 0.15) is 0 Å². The summed E-state index contributed by atoms with van der Waals surface area (Å²) in [6.07, 6.45) is 3.60. The van der Waals surface area contributed by atoms with Gasteiger partial charge >= 0.3 is 0 Å². The minimum absolute atomic E-state index is 0.407. The number of hydrogen-bond donors (Lipinski definition) is 3. The molecule has 0 amide bonds. The second-order valence-electron chi connectivity index (χ2n) is 4.23. The summed E-state index contributed by atoms with van der Waals surface area (Å²) in [5.74, 6) is 0. The second kappa shape index (κ2) is 4.64. The van der Waals surface area contributed by atoms with Crippen molar-refractivity contribution in [3.63, 3.8) is 0 Å². The first-order chi connectivity index (χ1) is 7.29. The highest BCUT2D eigenvalue weighted by atomic mass is 15.4. The van der Waals surface area contributed by atoms with Gasteiger partial charge in [-0.1, -0.05) is 25.5 Å². The Morgan fingerprint density at radius 3 is 3.00 bits per heavy atom. The molecule has 0 aromatic heterocycles. The van der Waals surface area contributed by atoms with Crippen LogP contribution in [0.2, 0.25) is 0 Å². The number of nitrogen functional groups attached to an aromatic ring is 1. The molecular formula is C12H19N3. The third kappa shape index (κ3) is 2.49. The van der Waals surface area contributed by atoms with Crippen LogP contribution >= 0.6 is 0 Å². The highest BCUT2D eigenvalue weighted by Gasteiger charge is 2.23. The fourth-order valence-corrected chi connectivity index (χ4v) is 2.15. The molecule has 3 heteroatoms. The molecule has 0 saturated carbocycles. The molecule has 1 aliphatic heterocycles. The summed E-state index contributed by atoms with van der Waals surface area (Å²) in [7, 11) is 0. The number of nitrogens with two attached hydrogens (primary N) is 1. The molecule has 1 heterocycles. The molecule has 2 rings (SSSR count). The van der Waals surface area contributed by atoms with E-state index in [-0.39, 0.29) is 0 Å². The lowest BCUT2D eigenvalue weighted by Crippen LogP contribution is -2.30. The molecule has 3 nitrogen and oxygen atoms in total. The number of nitrogens with one attached hydrogen (secondary N) is 2. The molecule has 2 atom stereocenters. The van der Waals surface area contributed by atoms with Crippen molar-refractivity contribution in [2.75, 3.05) is 5.73 Å². The molecule has 4 N–H and O–H groups in total. The molecule has 0 spiro atoms. The van der Waals surface area contributed by atoms with E-state index in [9.17, 15) is 0 Å². The van der Waals surface area contributed by atoms with Gasteiger partial charge in [-0.2, -0.15) is 0 Å². The molecule has 1 aromatic rings. The molecule has 15 heavy (non-hydrogen) atoms. The van der Waals surface area contributed by atoms with Crippen LogP contribution < -0.4 is 16.6 Å². The van der Waals surface area contributed by atoms with Crippen molar-refractivity contribution >= 4 is 5.69 Å². The first-order valence-corrected chi connectivity index (χ1v) is 5.66. The van der Waals surface area contributed by atoms with E-state index in [1.165, 1.54) is 18.4 Å². The summed E-state index contributed by atoms with van der Waals surface area (Å²) in [6.45, 7) is 2.22. The SMILES string of the molecule is CCCC1CC(c2cccc(N)c2)NN1. The van der Waals surface area contributed by atoms with Crippen LogP contribution in [0.4, 0.5) is 5.69 Å². The van der Waals surface area contributed by atoms with Gasteiger partial charge < -0.3 is 5.73 Å². The highest BCUT2D eigenvalue weighted by molar-refractivity contribution is 5.41. The first kappa shape index (κ1) is 10.5. The van der Waals surface area contributed by atoms with Gasteiger partial charge in [-0.25, -0.2) is 0 Å². The summed E-state index contributed by atoms with van der Waals surface area (Å²) in [5.41, 5.74) is 14.6. The molecule has 1 saturated heterocycles. The van der Waals surface area contributed by atoms with E-state index >= 15 is 0 Å². The van der Waals surface area contributed by atoms with E-state index in [0.717, 1.165) is 12.1 Å². The Hall–Kier alpha value is -1.06. The molecule has 82 valence electrons. The Labute approximate surface area is 91.0 Å². The lowest BCUT2D eigenvalue weighted by Gasteiger charge is -2.10. The average Bonchev–Trinajstić information content (AvgIpc) is 2.67. The Kier molecular flexibility index (Phi) is 3.23. The van der Waals surface area contributed by atoms with Crippen molar-refractivity contribution in [1.29, 1.82) is 0 Å². The largest absolute Gasteiger partial charge is 0.399 e. The topological polar surface area (TPSA) is 50.1 Å². The smallest absolute Gasteiger partial charge is 0.0478 e. The summed E-state index contributed by atoms with van der Waals surface area (Å²) in [4.78, 5) is 0. The molecule has 1 aromatic carbocycles. The average molecular weight is 205 g/mol. The lowest BCUT2D eigenvalue weighted by molar-refractivity contribution is 0.512. The normalized spacial score (nSPS) is 25.7. The lowest BCUT2D eigenvalue weighted by atomic mass is 10.00. The monoisotopic (exact) mass is 205 g/mol. The molecule has 1 aliphatic rings. The third-order valence-corrected chi connectivity index (χ3v) is 2.93.